The molecule has 1 aliphatic heterocycles. The smallest absolute Gasteiger partial charge is 0.259 e. The van der Waals surface area contributed by atoms with Crippen molar-refractivity contribution in [1.29, 1.82) is 0 Å². The first kappa shape index (κ1) is 22.1. The number of nitrogens with one attached hydrogen (secondary N) is 1. The number of amides is 1. The van der Waals surface area contributed by atoms with Crippen LogP contribution < -0.4 is 5.48 Å². The lowest BCUT2D eigenvalue weighted by Crippen LogP contribution is -2.37. The number of hydroxylamine groups is 1. The zero-order chi connectivity index (χ0) is 21.7. The minimum atomic E-state index is -1.43. The maximum atomic E-state index is 11.8. The summed E-state index contributed by atoms with van der Waals surface area (Å²) in [5.41, 5.74) is 6.50. The number of oxime groups is 1. The van der Waals surface area contributed by atoms with E-state index in [1.54, 1.807) is 12.4 Å². The van der Waals surface area contributed by atoms with E-state index in [1.807, 2.05) is 48.5 Å². The van der Waals surface area contributed by atoms with Crippen LogP contribution in [0.25, 0.3) is 11.1 Å². The van der Waals surface area contributed by atoms with E-state index in [1.165, 1.54) is 6.26 Å². The Labute approximate surface area is 178 Å². The number of aliphatic hydroxyl groups is 1. The first-order chi connectivity index (χ1) is 14.4. The lowest BCUT2D eigenvalue weighted by molar-refractivity contribution is -0.129. The molecule has 1 amide bonds. The van der Waals surface area contributed by atoms with Crippen molar-refractivity contribution in [2.45, 2.75) is 43.6 Å². The molecule has 0 aromatic heterocycles. The van der Waals surface area contributed by atoms with Gasteiger partial charge >= 0.3 is 0 Å². The standard InChI is InChI=1S/C22H26N2O5S/c1-14(25)11-15-3-5-16(6-4-15)17-7-9-18(10-8-17)20-12-19(29-24-20)13-21(30(2)28)22(26)23-27/h3-10,14,19,21,25,27H,11-13H2,1-2H3,(H,23,26). The van der Waals surface area contributed by atoms with Crippen molar-refractivity contribution in [2.24, 2.45) is 5.16 Å². The van der Waals surface area contributed by atoms with Gasteiger partial charge in [-0.1, -0.05) is 53.7 Å². The summed E-state index contributed by atoms with van der Waals surface area (Å²) in [7, 11) is -1.43. The summed E-state index contributed by atoms with van der Waals surface area (Å²) in [4.78, 5) is 17.1. The van der Waals surface area contributed by atoms with Gasteiger partial charge in [0.1, 0.15) is 11.4 Å². The summed E-state index contributed by atoms with van der Waals surface area (Å²) in [5, 5.41) is 21.6. The summed E-state index contributed by atoms with van der Waals surface area (Å²) in [6, 6.07) is 16.1. The molecule has 0 fully saturated rings. The number of rotatable bonds is 8. The molecule has 0 saturated carbocycles. The Morgan fingerprint density at radius 2 is 1.73 bits per heavy atom. The van der Waals surface area contributed by atoms with Crippen molar-refractivity contribution in [1.82, 2.24) is 5.48 Å². The Bertz CT molecular complexity index is 926. The zero-order valence-corrected chi connectivity index (χ0v) is 17.8. The highest BCUT2D eigenvalue weighted by molar-refractivity contribution is 7.85. The molecule has 3 N–H and O–H groups in total. The molecule has 4 unspecified atom stereocenters. The number of hydrogen-bond donors (Lipinski definition) is 3. The molecule has 7 nitrogen and oxygen atoms in total. The molecule has 30 heavy (non-hydrogen) atoms. The van der Waals surface area contributed by atoms with Crippen molar-refractivity contribution in [2.75, 3.05) is 6.26 Å². The molecule has 0 radical (unpaired) electrons. The molecular weight excluding hydrogens is 404 g/mol. The number of benzene rings is 2. The first-order valence-corrected chi connectivity index (χ1v) is 11.4. The second-order valence-electron chi connectivity index (χ2n) is 7.50. The fraction of sp³-hybridized carbons (Fsp3) is 0.364. The highest BCUT2D eigenvalue weighted by Gasteiger charge is 2.31. The third kappa shape index (κ3) is 5.53. The van der Waals surface area contributed by atoms with Crippen LogP contribution in [0.4, 0.5) is 0 Å². The lowest BCUT2D eigenvalue weighted by Gasteiger charge is -2.15. The van der Waals surface area contributed by atoms with Gasteiger partial charge in [0.15, 0.2) is 0 Å². The number of aliphatic hydroxyl groups excluding tert-OH is 1. The lowest BCUT2D eigenvalue weighted by atomic mass is 9.98. The van der Waals surface area contributed by atoms with Gasteiger partial charge in [-0.05, 0) is 35.6 Å². The molecule has 8 heteroatoms. The van der Waals surface area contributed by atoms with Crippen LogP contribution >= 0.6 is 0 Å². The summed E-state index contributed by atoms with van der Waals surface area (Å²) in [5.74, 6) is -0.684. The minimum Gasteiger partial charge on any atom is -0.393 e. The van der Waals surface area contributed by atoms with Crippen LogP contribution in [0.15, 0.2) is 53.7 Å². The van der Waals surface area contributed by atoms with Crippen LogP contribution in [-0.4, -0.2) is 49.9 Å². The predicted molar refractivity (Wildman–Crippen MR) is 116 cm³/mol. The first-order valence-electron chi connectivity index (χ1n) is 9.74. The van der Waals surface area contributed by atoms with Gasteiger partial charge in [-0.3, -0.25) is 14.2 Å². The predicted octanol–water partition coefficient (Wildman–Crippen LogP) is 2.41. The van der Waals surface area contributed by atoms with Crippen molar-refractivity contribution < 1.29 is 24.2 Å². The average molecular weight is 431 g/mol. The van der Waals surface area contributed by atoms with E-state index in [9.17, 15) is 14.1 Å². The van der Waals surface area contributed by atoms with Gasteiger partial charge in [-0.15, -0.1) is 0 Å². The van der Waals surface area contributed by atoms with Crippen LogP contribution in [0, 0.1) is 0 Å². The molecule has 0 aliphatic carbocycles. The van der Waals surface area contributed by atoms with Gasteiger partial charge in [-0.25, -0.2) is 5.48 Å². The summed E-state index contributed by atoms with van der Waals surface area (Å²) < 4.78 is 11.8. The van der Waals surface area contributed by atoms with Gasteiger partial charge in [0.25, 0.3) is 5.91 Å². The SMILES string of the molecule is CC(O)Cc1ccc(-c2ccc(C3=NOC(CC(C(=O)NO)S(C)=O)C3)cc2)cc1. The normalized spacial score (nSPS) is 18.8. The van der Waals surface area contributed by atoms with E-state index in [0.29, 0.717) is 12.8 Å². The summed E-state index contributed by atoms with van der Waals surface area (Å²) in [6.07, 6.45) is 2.03. The number of hydrogen-bond acceptors (Lipinski definition) is 6. The molecule has 160 valence electrons. The maximum Gasteiger partial charge on any atom is 0.259 e. The van der Waals surface area contributed by atoms with Crippen LogP contribution in [0.5, 0.6) is 0 Å². The van der Waals surface area contributed by atoms with Crippen molar-refractivity contribution in [3.63, 3.8) is 0 Å². The van der Waals surface area contributed by atoms with Crippen molar-refractivity contribution >= 4 is 22.4 Å². The van der Waals surface area contributed by atoms with Gasteiger partial charge in [0.2, 0.25) is 0 Å². The van der Waals surface area contributed by atoms with Crippen LogP contribution in [0.3, 0.4) is 0 Å². The molecule has 0 spiro atoms. The topological polar surface area (TPSA) is 108 Å². The van der Waals surface area contributed by atoms with Crippen molar-refractivity contribution in [3.05, 3.63) is 59.7 Å². The molecule has 0 bridgehead atoms. The number of carbonyl (C=O) groups excluding carboxylic acids is 1. The van der Waals surface area contributed by atoms with E-state index in [2.05, 4.69) is 5.16 Å². The quantitative estimate of drug-likeness (QED) is 0.440. The molecule has 1 heterocycles. The van der Waals surface area contributed by atoms with E-state index in [-0.39, 0.29) is 18.6 Å². The minimum absolute atomic E-state index is 0.208. The van der Waals surface area contributed by atoms with Crippen molar-refractivity contribution in [3.8, 4) is 11.1 Å². The van der Waals surface area contributed by atoms with Gasteiger partial charge in [-0.2, -0.15) is 0 Å². The Kier molecular flexibility index (Phi) is 7.36. The zero-order valence-electron chi connectivity index (χ0n) is 16.9. The van der Waals surface area contributed by atoms with Crippen LogP contribution in [-0.2, 0) is 26.9 Å². The Morgan fingerprint density at radius 1 is 1.17 bits per heavy atom. The third-order valence-electron chi connectivity index (χ3n) is 5.05. The Morgan fingerprint density at radius 3 is 2.27 bits per heavy atom. The third-order valence-corrected chi connectivity index (χ3v) is 6.26. The maximum absolute atomic E-state index is 11.8. The summed E-state index contributed by atoms with van der Waals surface area (Å²) in [6.45, 7) is 1.77. The molecule has 4 atom stereocenters. The molecule has 3 rings (SSSR count). The van der Waals surface area contributed by atoms with E-state index < -0.39 is 22.0 Å². The highest BCUT2D eigenvalue weighted by Crippen LogP contribution is 2.25. The average Bonchev–Trinajstić information content (AvgIpc) is 3.20. The van der Waals surface area contributed by atoms with Gasteiger partial charge in [0, 0.05) is 29.9 Å². The highest BCUT2D eigenvalue weighted by atomic mass is 32.2. The Balaban J connectivity index is 1.63. The molecule has 0 saturated heterocycles. The largest absolute Gasteiger partial charge is 0.393 e. The number of nitrogens with zero attached hydrogens (tertiary/aromatic N) is 1. The van der Waals surface area contributed by atoms with E-state index >= 15 is 0 Å². The molecule has 2 aromatic rings. The summed E-state index contributed by atoms with van der Waals surface area (Å²) >= 11 is 0. The second-order valence-corrected chi connectivity index (χ2v) is 9.06. The van der Waals surface area contributed by atoms with E-state index in [0.717, 1.165) is 28.0 Å². The molecular formula is C22H26N2O5S. The Hall–Kier alpha value is -2.55. The molecule has 2 aromatic carbocycles. The fourth-order valence-corrected chi connectivity index (χ4v) is 4.30. The monoisotopic (exact) mass is 430 g/mol. The van der Waals surface area contributed by atoms with Gasteiger partial charge in [0.05, 0.1) is 11.8 Å². The van der Waals surface area contributed by atoms with Crippen LogP contribution in [0.1, 0.15) is 30.9 Å². The second kappa shape index (κ2) is 9.97. The van der Waals surface area contributed by atoms with Crippen LogP contribution in [0.2, 0.25) is 0 Å². The van der Waals surface area contributed by atoms with E-state index in [4.69, 9.17) is 10.0 Å². The van der Waals surface area contributed by atoms with Gasteiger partial charge < -0.3 is 9.94 Å². The molecule has 1 aliphatic rings. The number of carbonyl (C=O) groups is 1. The fourth-order valence-electron chi connectivity index (χ4n) is 3.46.